The zero-order chi connectivity index (χ0) is 13.7. The maximum atomic E-state index is 11.6. The van der Waals surface area contributed by atoms with Crippen molar-refractivity contribution in [2.24, 2.45) is 0 Å². The number of nitrogens with one attached hydrogen (secondary N) is 1. The minimum absolute atomic E-state index is 0.189. The maximum Gasteiger partial charge on any atom is 0.324 e. The Labute approximate surface area is 114 Å². The van der Waals surface area contributed by atoms with Gasteiger partial charge in [-0.05, 0) is 31.5 Å². The first-order chi connectivity index (χ1) is 9.24. The highest BCUT2D eigenvalue weighted by molar-refractivity contribution is 5.75. The van der Waals surface area contributed by atoms with E-state index in [-0.39, 0.29) is 12.0 Å². The topological polar surface area (TPSA) is 41.6 Å². The summed E-state index contributed by atoms with van der Waals surface area (Å²) in [6.07, 6.45) is 1.15. The number of nitrogens with zero attached hydrogens (tertiary/aromatic N) is 1. The zero-order valence-corrected chi connectivity index (χ0v) is 11.6. The van der Waals surface area contributed by atoms with E-state index in [0.29, 0.717) is 12.5 Å². The van der Waals surface area contributed by atoms with E-state index >= 15 is 0 Å². The Morgan fingerprint density at radius 2 is 2.21 bits per heavy atom. The van der Waals surface area contributed by atoms with Crippen LogP contribution < -0.4 is 5.32 Å². The molecule has 4 nitrogen and oxygen atoms in total. The van der Waals surface area contributed by atoms with Crippen molar-refractivity contribution in [3.8, 4) is 0 Å². The van der Waals surface area contributed by atoms with Gasteiger partial charge >= 0.3 is 5.97 Å². The third kappa shape index (κ3) is 3.55. The van der Waals surface area contributed by atoms with Crippen LogP contribution in [0.25, 0.3) is 0 Å². The van der Waals surface area contributed by atoms with Crippen molar-refractivity contribution < 1.29 is 9.53 Å². The number of rotatable bonds is 5. The van der Waals surface area contributed by atoms with Crippen molar-refractivity contribution in [3.05, 3.63) is 35.9 Å². The number of ether oxygens (including phenoxy) is 1. The molecule has 1 aromatic carbocycles. The van der Waals surface area contributed by atoms with Crippen molar-refractivity contribution in [1.29, 1.82) is 0 Å². The van der Waals surface area contributed by atoms with Gasteiger partial charge in [-0.3, -0.25) is 4.79 Å². The first kappa shape index (κ1) is 14.0. The molecule has 0 aromatic heterocycles. The first-order valence-corrected chi connectivity index (χ1v) is 6.77. The molecule has 2 unspecified atom stereocenters. The second kappa shape index (κ2) is 6.68. The highest BCUT2D eigenvalue weighted by Gasteiger charge is 2.27. The van der Waals surface area contributed by atoms with Gasteiger partial charge in [0.2, 0.25) is 0 Å². The standard InChI is InChI=1S/C15H22N2O2/c1-16-14(15(18)19-2)11-17-9-8-13(10-17)12-6-4-3-5-7-12/h3-7,13-14,16H,8-11H2,1-2H3. The van der Waals surface area contributed by atoms with Crippen molar-refractivity contribution in [2.45, 2.75) is 18.4 Å². The highest BCUT2D eigenvalue weighted by atomic mass is 16.5. The molecule has 1 aliphatic heterocycles. The molecular formula is C15H22N2O2. The van der Waals surface area contributed by atoms with Crippen molar-refractivity contribution in [2.75, 3.05) is 33.8 Å². The van der Waals surface area contributed by atoms with Gasteiger partial charge in [-0.1, -0.05) is 30.3 Å². The van der Waals surface area contributed by atoms with Gasteiger partial charge in [0.05, 0.1) is 7.11 Å². The molecule has 0 radical (unpaired) electrons. The van der Waals surface area contributed by atoms with Crippen LogP contribution in [-0.2, 0) is 9.53 Å². The van der Waals surface area contributed by atoms with Crippen molar-refractivity contribution in [3.63, 3.8) is 0 Å². The third-order valence-electron chi connectivity index (χ3n) is 3.82. The molecule has 0 spiro atoms. The highest BCUT2D eigenvalue weighted by Crippen LogP contribution is 2.26. The lowest BCUT2D eigenvalue weighted by Gasteiger charge is -2.21. The fourth-order valence-corrected chi connectivity index (χ4v) is 2.68. The summed E-state index contributed by atoms with van der Waals surface area (Å²) in [6.45, 7) is 2.76. The normalized spacial score (nSPS) is 21.3. The number of hydrogen-bond acceptors (Lipinski definition) is 4. The molecule has 0 saturated carbocycles. The van der Waals surface area contributed by atoms with Crippen LogP contribution in [-0.4, -0.2) is 50.7 Å². The summed E-state index contributed by atoms with van der Waals surface area (Å²) in [4.78, 5) is 13.9. The SMILES string of the molecule is CNC(CN1CCC(c2ccccc2)C1)C(=O)OC. The van der Waals surface area contributed by atoms with Crippen molar-refractivity contribution in [1.82, 2.24) is 10.2 Å². The second-order valence-corrected chi connectivity index (χ2v) is 5.02. The minimum Gasteiger partial charge on any atom is -0.468 e. The molecule has 1 heterocycles. The van der Waals surface area contributed by atoms with Crippen LogP contribution in [0.1, 0.15) is 17.9 Å². The van der Waals surface area contributed by atoms with E-state index in [1.165, 1.54) is 12.7 Å². The molecule has 1 aliphatic rings. The summed E-state index contributed by atoms with van der Waals surface area (Å²) < 4.78 is 4.80. The molecule has 19 heavy (non-hydrogen) atoms. The van der Waals surface area contributed by atoms with Gasteiger partial charge in [-0.25, -0.2) is 0 Å². The molecule has 104 valence electrons. The van der Waals surface area contributed by atoms with Gasteiger partial charge in [0.1, 0.15) is 6.04 Å². The largest absolute Gasteiger partial charge is 0.468 e. The van der Waals surface area contributed by atoms with E-state index in [2.05, 4.69) is 34.5 Å². The van der Waals surface area contributed by atoms with Crippen LogP contribution >= 0.6 is 0 Å². The minimum atomic E-state index is -0.237. The van der Waals surface area contributed by atoms with Gasteiger partial charge in [0.25, 0.3) is 0 Å². The molecule has 1 aromatic rings. The van der Waals surface area contributed by atoms with Crippen LogP contribution in [0.4, 0.5) is 0 Å². The summed E-state index contributed by atoms with van der Waals surface area (Å²) in [5, 5.41) is 3.02. The van der Waals surface area contributed by atoms with Crippen LogP contribution in [0.15, 0.2) is 30.3 Å². The molecule has 0 amide bonds. The number of esters is 1. The Morgan fingerprint density at radius 1 is 1.47 bits per heavy atom. The Kier molecular flexibility index (Phi) is 4.93. The van der Waals surface area contributed by atoms with E-state index in [1.54, 1.807) is 7.05 Å². The third-order valence-corrected chi connectivity index (χ3v) is 3.82. The van der Waals surface area contributed by atoms with E-state index in [9.17, 15) is 4.79 Å². The quantitative estimate of drug-likeness (QED) is 0.811. The predicted molar refractivity (Wildman–Crippen MR) is 75.1 cm³/mol. The fraction of sp³-hybridized carbons (Fsp3) is 0.533. The van der Waals surface area contributed by atoms with Crippen molar-refractivity contribution >= 4 is 5.97 Å². The molecule has 4 heteroatoms. The number of benzene rings is 1. The Hall–Kier alpha value is -1.39. The van der Waals surface area contributed by atoms with Gasteiger partial charge < -0.3 is 15.0 Å². The molecule has 2 rings (SSSR count). The number of likely N-dealkylation sites (tertiary alicyclic amines) is 1. The molecule has 1 fully saturated rings. The van der Waals surface area contributed by atoms with Gasteiger partial charge in [0.15, 0.2) is 0 Å². The lowest BCUT2D eigenvalue weighted by atomic mass is 9.99. The Bertz CT molecular complexity index is 408. The number of carbonyl (C=O) groups is 1. The number of hydrogen-bond donors (Lipinski definition) is 1. The van der Waals surface area contributed by atoms with Crippen LogP contribution in [0.2, 0.25) is 0 Å². The maximum absolute atomic E-state index is 11.6. The van der Waals surface area contributed by atoms with E-state index in [1.807, 2.05) is 6.07 Å². The monoisotopic (exact) mass is 262 g/mol. The average Bonchev–Trinajstić information content (AvgIpc) is 2.93. The second-order valence-electron chi connectivity index (χ2n) is 5.02. The molecular weight excluding hydrogens is 240 g/mol. The Morgan fingerprint density at radius 3 is 2.84 bits per heavy atom. The molecule has 1 N–H and O–H groups in total. The van der Waals surface area contributed by atoms with Crippen LogP contribution in [0.3, 0.4) is 0 Å². The molecule has 2 atom stereocenters. The first-order valence-electron chi connectivity index (χ1n) is 6.77. The van der Waals surface area contributed by atoms with Gasteiger partial charge in [-0.15, -0.1) is 0 Å². The van der Waals surface area contributed by atoms with E-state index in [4.69, 9.17) is 4.74 Å². The summed E-state index contributed by atoms with van der Waals surface area (Å²) >= 11 is 0. The number of methoxy groups -OCH3 is 1. The molecule has 0 aliphatic carbocycles. The average molecular weight is 262 g/mol. The summed E-state index contributed by atoms with van der Waals surface area (Å²) in [5.74, 6) is 0.391. The summed E-state index contributed by atoms with van der Waals surface area (Å²) in [5.41, 5.74) is 1.39. The molecule has 1 saturated heterocycles. The number of likely N-dealkylation sites (N-methyl/N-ethyl adjacent to an activating group) is 1. The summed E-state index contributed by atoms with van der Waals surface area (Å²) in [6, 6.07) is 10.4. The lowest BCUT2D eigenvalue weighted by Crippen LogP contribution is -2.44. The van der Waals surface area contributed by atoms with E-state index in [0.717, 1.165) is 19.5 Å². The fourth-order valence-electron chi connectivity index (χ4n) is 2.68. The van der Waals surface area contributed by atoms with Crippen LogP contribution in [0, 0.1) is 0 Å². The molecule has 0 bridgehead atoms. The van der Waals surface area contributed by atoms with E-state index < -0.39 is 0 Å². The van der Waals surface area contributed by atoms with Gasteiger partial charge in [0, 0.05) is 13.1 Å². The van der Waals surface area contributed by atoms with Gasteiger partial charge in [-0.2, -0.15) is 0 Å². The summed E-state index contributed by atoms with van der Waals surface area (Å²) in [7, 11) is 3.23. The Balaban J connectivity index is 1.90. The van der Waals surface area contributed by atoms with Crippen LogP contribution in [0.5, 0.6) is 0 Å². The zero-order valence-electron chi connectivity index (χ0n) is 11.6. The number of carbonyl (C=O) groups excluding carboxylic acids is 1. The smallest absolute Gasteiger partial charge is 0.324 e. The lowest BCUT2D eigenvalue weighted by molar-refractivity contribution is -0.143. The predicted octanol–water partition coefficient (Wildman–Crippen LogP) is 1.24.